The second-order valence-corrected chi connectivity index (χ2v) is 8.58. The number of halogens is 1. The number of nitrogens with one attached hydrogen (secondary N) is 2. The van der Waals surface area contributed by atoms with E-state index in [-0.39, 0.29) is 29.3 Å². The van der Waals surface area contributed by atoms with Gasteiger partial charge >= 0.3 is 0 Å². The molecule has 152 valence electrons. The number of hydrogen-bond acceptors (Lipinski definition) is 4. The third-order valence-electron chi connectivity index (χ3n) is 4.89. The first kappa shape index (κ1) is 22.2. The Morgan fingerprint density at radius 2 is 1.61 bits per heavy atom. The molecule has 0 aromatic heterocycles. The number of piperidine rings is 1. The lowest BCUT2D eigenvalue weighted by Gasteiger charge is -2.31. The maximum atomic E-state index is 12.7. The van der Waals surface area contributed by atoms with Gasteiger partial charge < -0.3 is 10.2 Å². The fourth-order valence-corrected chi connectivity index (χ4v) is 4.23. The van der Waals surface area contributed by atoms with E-state index in [4.69, 9.17) is 0 Å². The predicted molar refractivity (Wildman–Crippen MR) is 114 cm³/mol. The van der Waals surface area contributed by atoms with Gasteiger partial charge in [-0.25, -0.2) is 8.42 Å². The zero-order chi connectivity index (χ0) is 19.4. The van der Waals surface area contributed by atoms with E-state index in [0.717, 1.165) is 31.5 Å². The molecule has 1 amide bonds. The van der Waals surface area contributed by atoms with Crippen LogP contribution in [0.4, 0.5) is 5.69 Å². The largest absolute Gasteiger partial charge is 0.339 e. The fraction of sp³-hybridized carbons (Fsp3) is 0.350. The number of rotatable bonds is 5. The van der Waals surface area contributed by atoms with Crippen molar-refractivity contribution in [1.29, 1.82) is 0 Å². The van der Waals surface area contributed by atoms with Crippen molar-refractivity contribution in [3.63, 3.8) is 0 Å². The highest BCUT2D eigenvalue weighted by Crippen LogP contribution is 2.19. The van der Waals surface area contributed by atoms with E-state index >= 15 is 0 Å². The predicted octanol–water partition coefficient (Wildman–Crippen LogP) is 3.04. The first-order chi connectivity index (χ1) is 12.9. The molecule has 1 aliphatic rings. The second kappa shape index (κ2) is 9.41. The summed E-state index contributed by atoms with van der Waals surface area (Å²) in [5.41, 5.74) is 2.05. The number of benzene rings is 2. The fourth-order valence-electron chi connectivity index (χ4n) is 3.18. The highest BCUT2D eigenvalue weighted by Gasteiger charge is 2.23. The van der Waals surface area contributed by atoms with Gasteiger partial charge in [-0.2, -0.15) is 0 Å². The van der Waals surface area contributed by atoms with Crippen LogP contribution < -0.4 is 10.0 Å². The second-order valence-electron chi connectivity index (χ2n) is 6.89. The lowest BCUT2D eigenvalue weighted by atomic mass is 10.0. The standard InChI is InChI=1S/C20H25N3O3S.ClH/c1-15-3-7-17(8-4-15)22-27(25,26)19-9-5-16(6-10-19)20(24)23(2)18-11-13-21-14-12-18;/h3-10,18,21-22H,11-14H2,1-2H3;1H. The van der Waals surface area contributed by atoms with Gasteiger partial charge in [-0.05, 0) is 69.3 Å². The maximum absolute atomic E-state index is 12.7. The molecule has 1 fully saturated rings. The first-order valence-electron chi connectivity index (χ1n) is 9.04. The lowest BCUT2D eigenvalue weighted by Crippen LogP contribution is -2.43. The minimum absolute atomic E-state index is 0. The summed E-state index contributed by atoms with van der Waals surface area (Å²) in [7, 11) is -1.89. The minimum Gasteiger partial charge on any atom is -0.339 e. The van der Waals surface area contributed by atoms with Crippen molar-refractivity contribution in [3.8, 4) is 0 Å². The van der Waals surface area contributed by atoms with Gasteiger partial charge in [0.15, 0.2) is 0 Å². The van der Waals surface area contributed by atoms with Crippen LogP contribution in [-0.4, -0.2) is 45.4 Å². The normalized spacial score (nSPS) is 14.8. The van der Waals surface area contributed by atoms with Crippen LogP contribution in [0.25, 0.3) is 0 Å². The van der Waals surface area contributed by atoms with Crippen LogP contribution in [0.3, 0.4) is 0 Å². The van der Waals surface area contributed by atoms with E-state index < -0.39 is 10.0 Å². The summed E-state index contributed by atoms with van der Waals surface area (Å²) >= 11 is 0. The van der Waals surface area contributed by atoms with Gasteiger partial charge in [0.1, 0.15) is 0 Å². The molecule has 0 radical (unpaired) electrons. The number of sulfonamides is 1. The zero-order valence-electron chi connectivity index (χ0n) is 16.0. The van der Waals surface area contributed by atoms with Crippen LogP contribution in [0.1, 0.15) is 28.8 Å². The molecule has 0 saturated carbocycles. The van der Waals surface area contributed by atoms with Gasteiger partial charge in [0.2, 0.25) is 0 Å². The van der Waals surface area contributed by atoms with Crippen molar-refractivity contribution in [2.24, 2.45) is 0 Å². The van der Waals surface area contributed by atoms with E-state index in [2.05, 4.69) is 10.0 Å². The van der Waals surface area contributed by atoms with E-state index in [1.54, 1.807) is 29.2 Å². The topological polar surface area (TPSA) is 78.5 Å². The average Bonchev–Trinajstić information content (AvgIpc) is 2.69. The summed E-state index contributed by atoms with van der Waals surface area (Å²) in [6.07, 6.45) is 1.85. The number of aryl methyl sites for hydroxylation is 1. The first-order valence-corrected chi connectivity index (χ1v) is 10.5. The molecule has 0 atom stereocenters. The molecule has 6 nitrogen and oxygen atoms in total. The third kappa shape index (κ3) is 5.25. The van der Waals surface area contributed by atoms with E-state index in [0.29, 0.717) is 11.3 Å². The molecule has 0 unspecified atom stereocenters. The molecule has 2 aromatic carbocycles. The highest BCUT2D eigenvalue weighted by molar-refractivity contribution is 7.92. The summed E-state index contributed by atoms with van der Waals surface area (Å²) in [4.78, 5) is 14.6. The Morgan fingerprint density at radius 1 is 1.04 bits per heavy atom. The van der Waals surface area contributed by atoms with Crippen molar-refractivity contribution >= 4 is 34.0 Å². The molecule has 0 spiro atoms. The molecule has 0 aliphatic carbocycles. The van der Waals surface area contributed by atoms with Crippen molar-refractivity contribution in [1.82, 2.24) is 10.2 Å². The van der Waals surface area contributed by atoms with Gasteiger partial charge in [0, 0.05) is 24.3 Å². The van der Waals surface area contributed by atoms with Crippen molar-refractivity contribution in [2.45, 2.75) is 30.7 Å². The van der Waals surface area contributed by atoms with Crippen LogP contribution in [0.15, 0.2) is 53.4 Å². The molecule has 8 heteroatoms. The smallest absolute Gasteiger partial charge is 0.261 e. The van der Waals surface area contributed by atoms with Gasteiger partial charge in [0.05, 0.1) is 4.90 Å². The summed E-state index contributed by atoms with van der Waals surface area (Å²) in [6.45, 7) is 3.75. The van der Waals surface area contributed by atoms with E-state index in [9.17, 15) is 13.2 Å². The molecule has 28 heavy (non-hydrogen) atoms. The van der Waals surface area contributed by atoms with E-state index in [1.807, 2.05) is 26.1 Å². The van der Waals surface area contributed by atoms with Crippen LogP contribution in [-0.2, 0) is 10.0 Å². The van der Waals surface area contributed by atoms with Crippen LogP contribution in [0, 0.1) is 6.92 Å². The van der Waals surface area contributed by atoms with Crippen molar-refractivity contribution < 1.29 is 13.2 Å². The number of carbonyl (C=O) groups is 1. The van der Waals surface area contributed by atoms with Crippen molar-refractivity contribution in [2.75, 3.05) is 24.9 Å². The Hall–Kier alpha value is -2.09. The summed E-state index contributed by atoms with van der Waals surface area (Å²) in [6, 6.07) is 13.4. The average molecular weight is 424 g/mol. The number of hydrogen-bond donors (Lipinski definition) is 2. The number of anilines is 1. The Bertz CT molecular complexity index is 893. The molecule has 1 heterocycles. The molecule has 1 aliphatic heterocycles. The Labute approximate surface area is 172 Å². The zero-order valence-corrected chi connectivity index (χ0v) is 17.6. The van der Waals surface area contributed by atoms with Crippen molar-refractivity contribution in [3.05, 3.63) is 59.7 Å². The number of carbonyl (C=O) groups excluding carboxylic acids is 1. The molecule has 0 bridgehead atoms. The highest BCUT2D eigenvalue weighted by atomic mass is 35.5. The molecular formula is C20H26ClN3O3S. The summed E-state index contributed by atoms with van der Waals surface area (Å²) in [5.74, 6) is -0.0858. The SMILES string of the molecule is Cc1ccc(NS(=O)(=O)c2ccc(C(=O)N(C)C3CCNCC3)cc2)cc1.Cl. The van der Waals surface area contributed by atoms with Crippen LogP contribution in [0.2, 0.25) is 0 Å². The van der Waals surface area contributed by atoms with Crippen LogP contribution in [0.5, 0.6) is 0 Å². The minimum atomic E-state index is -3.69. The number of amides is 1. The van der Waals surface area contributed by atoms with Crippen LogP contribution >= 0.6 is 12.4 Å². The quantitative estimate of drug-likeness (QED) is 0.774. The molecule has 2 N–H and O–H groups in total. The van der Waals surface area contributed by atoms with E-state index in [1.165, 1.54) is 12.1 Å². The Balaban J connectivity index is 0.00000280. The Morgan fingerprint density at radius 3 is 2.18 bits per heavy atom. The van der Waals surface area contributed by atoms with Gasteiger partial charge in [-0.3, -0.25) is 9.52 Å². The Kier molecular flexibility index (Phi) is 7.46. The summed E-state index contributed by atoms with van der Waals surface area (Å²) < 4.78 is 27.6. The summed E-state index contributed by atoms with van der Waals surface area (Å²) in [5, 5.41) is 3.28. The maximum Gasteiger partial charge on any atom is 0.261 e. The van der Waals surface area contributed by atoms with Gasteiger partial charge in [-0.1, -0.05) is 17.7 Å². The third-order valence-corrected chi connectivity index (χ3v) is 6.29. The lowest BCUT2D eigenvalue weighted by molar-refractivity contribution is 0.0703. The number of nitrogens with zero attached hydrogens (tertiary/aromatic N) is 1. The molecule has 3 rings (SSSR count). The van der Waals surface area contributed by atoms with Gasteiger partial charge in [-0.15, -0.1) is 12.4 Å². The molecule has 1 saturated heterocycles. The molecular weight excluding hydrogens is 398 g/mol. The monoisotopic (exact) mass is 423 g/mol. The molecule has 2 aromatic rings. The van der Waals surface area contributed by atoms with Gasteiger partial charge in [0.25, 0.3) is 15.9 Å².